The van der Waals surface area contributed by atoms with E-state index >= 15 is 0 Å². The molecule has 1 aliphatic rings. The normalized spacial score (nSPS) is 24.6. The molecule has 1 aromatic rings. The zero-order chi connectivity index (χ0) is 14.1. The molecule has 1 aliphatic heterocycles. The van der Waals surface area contributed by atoms with Crippen molar-refractivity contribution in [2.45, 2.75) is 43.9 Å². The van der Waals surface area contributed by atoms with Crippen LogP contribution in [-0.4, -0.2) is 42.5 Å². The molecular weight excluding hydrogens is 270 g/mol. The van der Waals surface area contributed by atoms with E-state index < -0.39 is 15.6 Å². The summed E-state index contributed by atoms with van der Waals surface area (Å²) >= 11 is 0. The van der Waals surface area contributed by atoms with Crippen molar-refractivity contribution < 1.29 is 18.3 Å². The Morgan fingerprint density at radius 2 is 2.32 bits per heavy atom. The molecule has 0 bridgehead atoms. The summed E-state index contributed by atoms with van der Waals surface area (Å²) in [5.41, 5.74) is 0.220. The molecule has 0 spiro atoms. The van der Waals surface area contributed by atoms with Gasteiger partial charge in [0.25, 0.3) is 10.0 Å². The van der Waals surface area contributed by atoms with Gasteiger partial charge in [-0.3, -0.25) is 5.10 Å². The van der Waals surface area contributed by atoms with Gasteiger partial charge in [0.05, 0.1) is 18.8 Å². The van der Waals surface area contributed by atoms with Gasteiger partial charge in [-0.25, -0.2) is 13.1 Å². The molecule has 0 amide bonds. The summed E-state index contributed by atoms with van der Waals surface area (Å²) in [5, 5.41) is 15.5. The van der Waals surface area contributed by atoms with Crippen LogP contribution in [0.2, 0.25) is 0 Å². The summed E-state index contributed by atoms with van der Waals surface area (Å²) < 4.78 is 32.6. The van der Waals surface area contributed by atoms with Crippen LogP contribution in [0.1, 0.15) is 31.0 Å². The van der Waals surface area contributed by atoms with Crippen molar-refractivity contribution in [2.24, 2.45) is 0 Å². The van der Waals surface area contributed by atoms with Gasteiger partial charge < -0.3 is 9.84 Å². The molecule has 1 aromatic heterocycles. The van der Waals surface area contributed by atoms with Crippen LogP contribution < -0.4 is 4.72 Å². The van der Waals surface area contributed by atoms with Crippen molar-refractivity contribution in [3.05, 3.63) is 11.3 Å². The van der Waals surface area contributed by atoms with Crippen molar-refractivity contribution in [1.29, 1.82) is 0 Å². The van der Waals surface area contributed by atoms with Gasteiger partial charge in [0.2, 0.25) is 0 Å². The zero-order valence-electron chi connectivity index (χ0n) is 11.1. The second kappa shape index (κ2) is 5.20. The lowest BCUT2D eigenvalue weighted by molar-refractivity contribution is 0.0386. The number of ether oxygens (including phenoxy) is 1. The number of aromatic nitrogens is 2. The summed E-state index contributed by atoms with van der Waals surface area (Å²) in [7, 11) is -3.77. The maximum atomic E-state index is 12.3. The van der Waals surface area contributed by atoms with Crippen molar-refractivity contribution >= 4 is 10.0 Å². The van der Waals surface area contributed by atoms with Crippen molar-refractivity contribution in [3.8, 4) is 0 Å². The Morgan fingerprint density at radius 1 is 1.58 bits per heavy atom. The number of nitrogens with one attached hydrogen (secondary N) is 2. The van der Waals surface area contributed by atoms with Crippen LogP contribution in [0.3, 0.4) is 0 Å². The van der Waals surface area contributed by atoms with Gasteiger partial charge in [0.15, 0.2) is 5.03 Å². The number of sulfonamides is 1. The minimum Gasteiger partial charge on any atom is -0.392 e. The lowest BCUT2D eigenvalue weighted by Gasteiger charge is -2.33. The lowest BCUT2D eigenvalue weighted by atomic mass is 9.97. The van der Waals surface area contributed by atoms with Gasteiger partial charge in [-0.2, -0.15) is 5.10 Å². The first-order valence-electron chi connectivity index (χ1n) is 6.14. The molecule has 1 saturated heterocycles. The third-order valence-corrected chi connectivity index (χ3v) is 4.88. The predicted octanol–water partition coefficient (Wildman–Crippen LogP) is 0.0578. The Balaban J connectivity index is 2.27. The first-order chi connectivity index (χ1) is 8.88. The standard InChI is InChI=1S/C11H19N3O4S/c1-8-9(6-15)10(13-12-8)19(16,17)14-11(2)4-3-5-18-7-11/h14-15H,3-7H2,1-2H3,(H,12,13). The second-order valence-electron chi connectivity index (χ2n) is 5.11. The fourth-order valence-electron chi connectivity index (χ4n) is 2.23. The average Bonchev–Trinajstić information content (AvgIpc) is 2.70. The van der Waals surface area contributed by atoms with Crippen LogP contribution >= 0.6 is 0 Å². The number of rotatable bonds is 4. The number of hydrogen-bond acceptors (Lipinski definition) is 5. The maximum Gasteiger partial charge on any atom is 0.260 e. The van der Waals surface area contributed by atoms with E-state index in [9.17, 15) is 13.5 Å². The molecule has 19 heavy (non-hydrogen) atoms. The first-order valence-corrected chi connectivity index (χ1v) is 7.63. The van der Waals surface area contributed by atoms with E-state index in [0.29, 0.717) is 30.9 Å². The van der Waals surface area contributed by atoms with E-state index in [4.69, 9.17) is 4.74 Å². The molecule has 7 nitrogen and oxygen atoms in total. The third kappa shape index (κ3) is 2.97. The van der Waals surface area contributed by atoms with E-state index in [0.717, 1.165) is 6.42 Å². The smallest absolute Gasteiger partial charge is 0.260 e. The molecule has 0 aromatic carbocycles. The van der Waals surface area contributed by atoms with Crippen molar-refractivity contribution in [2.75, 3.05) is 13.2 Å². The van der Waals surface area contributed by atoms with Crippen LogP contribution in [0.4, 0.5) is 0 Å². The Hall–Kier alpha value is -0.960. The number of hydrogen-bond donors (Lipinski definition) is 3. The number of aliphatic hydroxyl groups excluding tert-OH is 1. The average molecular weight is 289 g/mol. The fraction of sp³-hybridized carbons (Fsp3) is 0.727. The largest absolute Gasteiger partial charge is 0.392 e. The molecule has 3 N–H and O–H groups in total. The van der Waals surface area contributed by atoms with Crippen molar-refractivity contribution in [3.63, 3.8) is 0 Å². The van der Waals surface area contributed by atoms with Crippen LogP contribution in [0.5, 0.6) is 0 Å². The molecule has 2 rings (SSSR count). The highest BCUT2D eigenvalue weighted by atomic mass is 32.2. The SMILES string of the molecule is Cc1[nH]nc(S(=O)(=O)NC2(C)CCCOC2)c1CO. The highest BCUT2D eigenvalue weighted by Crippen LogP contribution is 2.23. The molecule has 0 aliphatic carbocycles. The van der Waals surface area contributed by atoms with Crippen LogP contribution in [0.15, 0.2) is 5.03 Å². The van der Waals surface area contributed by atoms with Crippen LogP contribution in [0.25, 0.3) is 0 Å². The summed E-state index contributed by atoms with van der Waals surface area (Å²) in [6, 6.07) is 0. The quantitative estimate of drug-likeness (QED) is 0.727. The van der Waals surface area contributed by atoms with Gasteiger partial charge in [-0.15, -0.1) is 0 Å². The monoisotopic (exact) mass is 289 g/mol. The van der Waals surface area contributed by atoms with Crippen LogP contribution in [0, 0.1) is 6.92 Å². The molecule has 1 unspecified atom stereocenters. The first kappa shape index (κ1) is 14.4. The molecule has 0 saturated carbocycles. The topological polar surface area (TPSA) is 104 Å². The number of H-pyrrole nitrogens is 1. The Kier molecular flexibility index (Phi) is 3.95. The van der Waals surface area contributed by atoms with Gasteiger partial charge in [-0.1, -0.05) is 0 Å². The van der Waals surface area contributed by atoms with E-state index in [-0.39, 0.29) is 11.6 Å². The number of aromatic amines is 1. The molecule has 8 heteroatoms. The second-order valence-corrected chi connectivity index (χ2v) is 6.71. The maximum absolute atomic E-state index is 12.3. The van der Waals surface area contributed by atoms with E-state index in [2.05, 4.69) is 14.9 Å². The summed E-state index contributed by atoms with van der Waals surface area (Å²) in [6.45, 7) is 4.10. The Bertz CT molecular complexity index is 546. The lowest BCUT2D eigenvalue weighted by Crippen LogP contribution is -2.51. The molecule has 108 valence electrons. The Morgan fingerprint density at radius 3 is 2.89 bits per heavy atom. The fourth-order valence-corrected chi connectivity index (χ4v) is 3.84. The zero-order valence-corrected chi connectivity index (χ0v) is 11.9. The van der Waals surface area contributed by atoms with E-state index in [1.54, 1.807) is 6.92 Å². The molecular formula is C11H19N3O4S. The Labute approximate surface area is 112 Å². The van der Waals surface area contributed by atoms with E-state index in [1.807, 2.05) is 6.92 Å². The molecule has 2 heterocycles. The molecule has 1 atom stereocenters. The van der Waals surface area contributed by atoms with Gasteiger partial charge in [0.1, 0.15) is 0 Å². The summed E-state index contributed by atoms with van der Waals surface area (Å²) in [5.74, 6) is 0. The van der Waals surface area contributed by atoms with Gasteiger partial charge in [-0.05, 0) is 26.7 Å². The predicted molar refractivity (Wildman–Crippen MR) is 68.0 cm³/mol. The third-order valence-electron chi connectivity index (χ3n) is 3.27. The van der Waals surface area contributed by atoms with Crippen LogP contribution in [-0.2, 0) is 21.4 Å². The number of aryl methyl sites for hydroxylation is 1. The van der Waals surface area contributed by atoms with Crippen molar-refractivity contribution in [1.82, 2.24) is 14.9 Å². The summed E-state index contributed by atoms with van der Waals surface area (Å²) in [4.78, 5) is 0. The molecule has 1 fully saturated rings. The highest BCUT2D eigenvalue weighted by molar-refractivity contribution is 7.89. The highest BCUT2D eigenvalue weighted by Gasteiger charge is 2.35. The van der Waals surface area contributed by atoms with Gasteiger partial charge >= 0.3 is 0 Å². The van der Waals surface area contributed by atoms with E-state index in [1.165, 1.54) is 0 Å². The molecule has 0 radical (unpaired) electrons. The minimum atomic E-state index is -3.77. The number of aliphatic hydroxyl groups is 1. The minimum absolute atomic E-state index is 0.140. The summed E-state index contributed by atoms with van der Waals surface area (Å²) in [6.07, 6.45) is 1.52. The number of nitrogens with zero attached hydrogens (tertiary/aromatic N) is 1. The van der Waals surface area contributed by atoms with Gasteiger partial charge in [0, 0.05) is 17.9 Å².